The fourth-order valence-corrected chi connectivity index (χ4v) is 5.08. The molecule has 1 saturated heterocycles. The first kappa shape index (κ1) is 23.4. The molecule has 0 aromatic heterocycles. The number of methoxy groups -OCH3 is 1. The van der Waals surface area contributed by atoms with Crippen LogP contribution in [-0.2, 0) is 10.0 Å². The predicted octanol–water partition coefficient (Wildman–Crippen LogP) is 3.31. The van der Waals surface area contributed by atoms with Gasteiger partial charge in [-0.05, 0) is 49.2 Å². The number of nitrogens with zero attached hydrogens (tertiary/aromatic N) is 2. The van der Waals surface area contributed by atoms with Crippen molar-refractivity contribution in [1.82, 2.24) is 9.62 Å². The van der Waals surface area contributed by atoms with Crippen molar-refractivity contribution in [3.8, 4) is 5.75 Å². The molecule has 1 aliphatic heterocycles. The number of halogens is 1. The number of ether oxygens (including phenoxy) is 1. The van der Waals surface area contributed by atoms with Gasteiger partial charge in [0, 0.05) is 49.0 Å². The number of amides is 1. The molecule has 31 heavy (non-hydrogen) atoms. The van der Waals surface area contributed by atoms with Crippen LogP contribution in [0.2, 0.25) is 5.02 Å². The summed E-state index contributed by atoms with van der Waals surface area (Å²) in [4.78, 5) is 17.0. The monoisotopic (exact) mass is 465 g/mol. The van der Waals surface area contributed by atoms with Gasteiger partial charge in [-0.2, -0.15) is 0 Å². The zero-order valence-corrected chi connectivity index (χ0v) is 19.6. The van der Waals surface area contributed by atoms with E-state index < -0.39 is 10.0 Å². The normalized spacial score (nSPS) is 14.6. The summed E-state index contributed by atoms with van der Waals surface area (Å²) < 4.78 is 33.0. The lowest BCUT2D eigenvalue weighted by Crippen LogP contribution is -2.49. The quantitative estimate of drug-likeness (QED) is 0.678. The molecule has 7 nitrogen and oxygen atoms in total. The van der Waals surface area contributed by atoms with E-state index in [0.717, 1.165) is 11.3 Å². The summed E-state index contributed by atoms with van der Waals surface area (Å²) in [6, 6.07) is 10.3. The van der Waals surface area contributed by atoms with Crippen LogP contribution in [0.25, 0.3) is 0 Å². The molecule has 0 radical (unpaired) electrons. The minimum atomic E-state index is -3.77. The van der Waals surface area contributed by atoms with Gasteiger partial charge in [0.25, 0.3) is 5.91 Å². The Morgan fingerprint density at radius 3 is 2.48 bits per heavy atom. The van der Waals surface area contributed by atoms with Crippen LogP contribution in [0, 0.1) is 6.92 Å². The molecule has 168 valence electrons. The van der Waals surface area contributed by atoms with E-state index in [0.29, 0.717) is 49.7 Å². The number of nitrogens with one attached hydrogen (secondary N) is 1. The topological polar surface area (TPSA) is 79.0 Å². The van der Waals surface area contributed by atoms with Crippen LogP contribution in [0.3, 0.4) is 0 Å². The number of benzene rings is 2. The van der Waals surface area contributed by atoms with E-state index in [1.54, 1.807) is 11.0 Å². The van der Waals surface area contributed by atoms with Crippen LogP contribution in [0.15, 0.2) is 41.3 Å². The lowest BCUT2D eigenvalue weighted by Gasteiger charge is -2.37. The van der Waals surface area contributed by atoms with Crippen molar-refractivity contribution < 1.29 is 17.9 Å². The van der Waals surface area contributed by atoms with E-state index in [-0.39, 0.29) is 16.6 Å². The van der Waals surface area contributed by atoms with Crippen LogP contribution < -0.4 is 14.4 Å². The second kappa shape index (κ2) is 9.89. The van der Waals surface area contributed by atoms with Crippen LogP contribution in [0.1, 0.15) is 29.3 Å². The Hall–Kier alpha value is -2.29. The van der Waals surface area contributed by atoms with Gasteiger partial charge in [0.1, 0.15) is 10.6 Å². The Kier molecular flexibility index (Phi) is 7.46. The van der Waals surface area contributed by atoms with E-state index in [9.17, 15) is 13.2 Å². The third-order valence-corrected chi connectivity index (χ3v) is 7.04. The highest BCUT2D eigenvalue weighted by Crippen LogP contribution is 2.27. The molecule has 9 heteroatoms. The largest absolute Gasteiger partial charge is 0.495 e. The zero-order chi connectivity index (χ0) is 22.6. The van der Waals surface area contributed by atoms with E-state index in [2.05, 4.69) is 9.62 Å². The first-order chi connectivity index (χ1) is 14.8. The highest BCUT2D eigenvalue weighted by molar-refractivity contribution is 7.89. The summed E-state index contributed by atoms with van der Waals surface area (Å²) >= 11 is 6.15. The number of anilines is 1. The number of carbonyl (C=O) groups is 1. The second-order valence-electron chi connectivity index (χ2n) is 7.47. The third-order valence-electron chi connectivity index (χ3n) is 5.32. The maximum absolute atomic E-state index is 13.1. The molecule has 0 atom stereocenters. The van der Waals surface area contributed by atoms with E-state index in [1.807, 2.05) is 32.0 Å². The molecular formula is C22H28ClN3O4S. The van der Waals surface area contributed by atoms with Gasteiger partial charge < -0.3 is 14.5 Å². The molecule has 0 aliphatic carbocycles. The Morgan fingerprint density at radius 1 is 1.13 bits per heavy atom. The molecule has 1 aliphatic rings. The number of aryl methyl sites for hydroxylation is 1. The van der Waals surface area contributed by atoms with Gasteiger partial charge in [-0.1, -0.05) is 24.6 Å². The number of piperazine rings is 1. The molecule has 1 amide bonds. The van der Waals surface area contributed by atoms with Crippen molar-refractivity contribution in [1.29, 1.82) is 0 Å². The van der Waals surface area contributed by atoms with Gasteiger partial charge >= 0.3 is 0 Å². The summed E-state index contributed by atoms with van der Waals surface area (Å²) in [5, 5.41) is 0.683. The highest BCUT2D eigenvalue weighted by atomic mass is 35.5. The fraction of sp³-hybridized carbons (Fsp3) is 0.409. The van der Waals surface area contributed by atoms with Gasteiger partial charge in [0.05, 0.1) is 7.11 Å². The summed E-state index contributed by atoms with van der Waals surface area (Å²) in [5.41, 5.74) is 2.53. The summed E-state index contributed by atoms with van der Waals surface area (Å²) in [7, 11) is -2.36. The van der Waals surface area contributed by atoms with E-state index >= 15 is 0 Å². The van der Waals surface area contributed by atoms with E-state index in [4.69, 9.17) is 16.3 Å². The molecular weight excluding hydrogens is 438 g/mol. The molecule has 1 N–H and O–H groups in total. The Morgan fingerprint density at radius 2 is 1.84 bits per heavy atom. The first-order valence-electron chi connectivity index (χ1n) is 10.2. The summed E-state index contributed by atoms with van der Waals surface area (Å²) in [5.74, 6) is 0.0125. The number of rotatable bonds is 7. The minimum Gasteiger partial charge on any atom is -0.495 e. The van der Waals surface area contributed by atoms with Gasteiger partial charge in [-0.3, -0.25) is 4.79 Å². The number of carbonyl (C=O) groups excluding carboxylic acids is 1. The van der Waals surface area contributed by atoms with Crippen LogP contribution in [0.4, 0.5) is 5.69 Å². The molecule has 2 aromatic rings. The van der Waals surface area contributed by atoms with E-state index in [1.165, 1.54) is 19.2 Å². The summed E-state index contributed by atoms with van der Waals surface area (Å²) in [6.45, 7) is 6.65. The first-order valence-corrected chi connectivity index (χ1v) is 12.1. The molecule has 1 fully saturated rings. The van der Waals surface area contributed by atoms with Crippen LogP contribution in [0.5, 0.6) is 5.75 Å². The molecule has 2 aromatic carbocycles. The van der Waals surface area contributed by atoms with Gasteiger partial charge in [-0.15, -0.1) is 0 Å². The lowest BCUT2D eigenvalue weighted by molar-refractivity contribution is 0.0746. The highest BCUT2D eigenvalue weighted by Gasteiger charge is 2.26. The van der Waals surface area contributed by atoms with Crippen LogP contribution in [-0.4, -0.2) is 59.1 Å². The molecule has 0 unspecified atom stereocenters. The molecule has 0 spiro atoms. The smallest absolute Gasteiger partial charge is 0.254 e. The minimum absolute atomic E-state index is 0.0255. The average Bonchev–Trinajstić information content (AvgIpc) is 2.78. The lowest BCUT2D eigenvalue weighted by atomic mass is 10.1. The number of hydrogen-bond donors (Lipinski definition) is 1. The maximum atomic E-state index is 13.1. The molecule has 0 saturated carbocycles. The maximum Gasteiger partial charge on any atom is 0.254 e. The van der Waals surface area contributed by atoms with Crippen molar-refractivity contribution >= 4 is 33.2 Å². The Labute approximate surface area is 189 Å². The van der Waals surface area contributed by atoms with Crippen molar-refractivity contribution in [3.63, 3.8) is 0 Å². The summed E-state index contributed by atoms with van der Waals surface area (Å²) in [6.07, 6.45) is 0.663. The van der Waals surface area contributed by atoms with Gasteiger partial charge in [0.2, 0.25) is 10.0 Å². The SMILES string of the molecule is CCCNS(=O)(=O)c1cc(C(=O)N2CCN(c3cc(Cl)ccc3C)CC2)ccc1OC. The van der Waals surface area contributed by atoms with Crippen molar-refractivity contribution in [2.75, 3.05) is 44.7 Å². The molecule has 0 bridgehead atoms. The van der Waals surface area contributed by atoms with Crippen molar-refractivity contribution in [3.05, 3.63) is 52.5 Å². The Bertz CT molecular complexity index is 1050. The van der Waals surface area contributed by atoms with Gasteiger partial charge in [-0.25, -0.2) is 13.1 Å². The number of sulfonamides is 1. The molecule has 1 heterocycles. The zero-order valence-electron chi connectivity index (χ0n) is 18.0. The Balaban J connectivity index is 1.76. The molecule has 3 rings (SSSR count). The third kappa shape index (κ3) is 5.31. The fourth-order valence-electron chi connectivity index (χ4n) is 3.59. The average molecular weight is 466 g/mol. The van der Waals surface area contributed by atoms with Crippen molar-refractivity contribution in [2.45, 2.75) is 25.2 Å². The van der Waals surface area contributed by atoms with Crippen molar-refractivity contribution in [2.24, 2.45) is 0 Å². The van der Waals surface area contributed by atoms with Crippen LogP contribution >= 0.6 is 11.6 Å². The van der Waals surface area contributed by atoms with Gasteiger partial charge in [0.15, 0.2) is 0 Å². The standard InChI is InChI=1S/C22H28ClN3O4S/c1-4-9-24-31(28,29)21-14-17(6-8-20(21)30-3)22(27)26-12-10-25(11-13-26)19-15-18(23)7-5-16(19)2/h5-8,14-15,24H,4,9-13H2,1-3H3. The predicted molar refractivity (Wildman–Crippen MR) is 123 cm³/mol. The second-order valence-corrected chi connectivity index (χ2v) is 9.65. The number of hydrogen-bond acceptors (Lipinski definition) is 5.